The van der Waals surface area contributed by atoms with E-state index in [9.17, 15) is 0 Å². The standard InChI is InChI=1S/C11H8Cl4N4/c1-16-11-17-4-8(15)10(19-11)18-9-3-6(13)5(12)2-7(9)14/h2-4H,1H3,(H2,16,17,18,19). The molecule has 2 N–H and O–H groups in total. The van der Waals surface area contributed by atoms with Crippen LogP contribution in [0.4, 0.5) is 17.5 Å². The molecule has 0 fully saturated rings. The van der Waals surface area contributed by atoms with Crippen molar-refractivity contribution in [3.63, 3.8) is 0 Å². The van der Waals surface area contributed by atoms with Crippen LogP contribution >= 0.6 is 46.4 Å². The largest absolute Gasteiger partial charge is 0.357 e. The molecule has 1 heterocycles. The number of aromatic nitrogens is 2. The number of anilines is 3. The average Bonchev–Trinajstić information content (AvgIpc) is 2.38. The Balaban J connectivity index is 2.38. The Bertz CT molecular complexity index is 618. The van der Waals surface area contributed by atoms with Crippen molar-refractivity contribution in [3.8, 4) is 0 Å². The van der Waals surface area contributed by atoms with E-state index in [0.29, 0.717) is 37.5 Å². The highest BCUT2D eigenvalue weighted by Crippen LogP contribution is 2.34. The summed E-state index contributed by atoms with van der Waals surface area (Å²) in [6.07, 6.45) is 1.48. The lowest BCUT2D eigenvalue weighted by Crippen LogP contribution is -2.01. The SMILES string of the molecule is CNc1ncc(Cl)c(Nc2cc(Cl)c(Cl)cc2Cl)n1. The molecular formula is C11H8Cl4N4. The molecule has 0 saturated heterocycles. The van der Waals surface area contributed by atoms with Crippen molar-refractivity contribution in [3.05, 3.63) is 38.4 Å². The minimum Gasteiger partial charge on any atom is -0.357 e. The van der Waals surface area contributed by atoms with Crippen molar-refractivity contribution in [1.29, 1.82) is 0 Å². The molecule has 2 rings (SSSR count). The Hall–Kier alpha value is -0.940. The number of benzene rings is 1. The first kappa shape index (κ1) is 14.5. The van der Waals surface area contributed by atoms with Crippen molar-refractivity contribution < 1.29 is 0 Å². The van der Waals surface area contributed by atoms with Gasteiger partial charge in [0.05, 0.1) is 27.0 Å². The lowest BCUT2D eigenvalue weighted by atomic mass is 10.3. The van der Waals surface area contributed by atoms with Crippen LogP contribution < -0.4 is 10.6 Å². The summed E-state index contributed by atoms with van der Waals surface area (Å²) in [5.41, 5.74) is 0.554. The Kier molecular flexibility index (Phi) is 4.58. The number of nitrogens with one attached hydrogen (secondary N) is 2. The van der Waals surface area contributed by atoms with Gasteiger partial charge in [-0.1, -0.05) is 46.4 Å². The maximum Gasteiger partial charge on any atom is 0.224 e. The molecule has 1 aromatic carbocycles. The molecule has 0 amide bonds. The normalized spacial score (nSPS) is 10.4. The van der Waals surface area contributed by atoms with Gasteiger partial charge in [0.2, 0.25) is 5.95 Å². The second-order valence-corrected chi connectivity index (χ2v) is 5.14. The fourth-order valence-electron chi connectivity index (χ4n) is 1.32. The predicted molar refractivity (Wildman–Crippen MR) is 81.3 cm³/mol. The summed E-state index contributed by atoms with van der Waals surface area (Å²) in [7, 11) is 1.71. The topological polar surface area (TPSA) is 49.8 Å². The molecule has 0 aliphatic rings. The summed E-state index contributed by atoms with van der Waals surface area (Å²) in [6.45, 7) is 0. The van der Waals surface area contributed by atoms with Crippen LogP contribution in [0.3, 0.4) is 0 Å². The number of halogens is 4. The summed E-state index contributed by atoms with van der Waals surface area (Å²) in [5.74, 6) is 0.851. The zero-order valence-corrected chi connectivity index (χ0v) is 12.7. The lowest BCUT2D eigenvalue weighted by Gasteiger charge is -2.11. The minimum atomic E-state index is 0.362. The van der Waals surface area contributed by atoms with Crippen LogP contribution in [0.1, 0.15) is 0 Å². The second-order valence-electron chi connectivity index (χ2n) is 3.51. The Morgan fingerprint density at radius 1 is 0.947 bits per heavy atom. The molecular weight excluding hydrogens is 330 g/mol. The van der Waals surface area contributed by atoms with E-state index in [1.165, 1.54) is 6.20 Å². The van der Waals surface area contributed by atoms with Gasteiger partial charge in [-0.3, -0.25) is 0 Å². The van der Waals surface area contributed by atoms with Crippen LogP contribution in [0, 0.1) is 0 Å². The molecule has 0 atom stereocenters. The Labute approximate surface area is 130 Å². The minimum absolute atomic E-state index is 0.362. The highest BCUT2D eigenvalue weighted by Gasteiger charge is 2.10. The third-order valence-electron chi connectivity index (χ3n) is 2.23. The van der Waals surface area contributed by atoms with Gasteiger partial charge in [0.25, 0.3) is 0 Å². The van der Waals surface area contributed by atoms with Crippen LogP contribution in [-0.2, 0) is 0 Å². The van der Waals surface area contributed by atoms with E-state index in [1.807, 2.05) is 0 Å². The molecule has 0 spiro atoms. The highest BCUT2D eigenvalue weighted by atomic mass is 35.5. The van der Waals surface area contributed by atoms with Gasteiger partial charge in [0.1, 0.15) is 5.02 Å². The molecule has 1 aromatic heterocycles. The molecule has 0 aliphatic heterocycles. The smallest absolute Gasteiger partial charge is 0.224 e. The van der Waals surface area contributed by atoms with Gasteiger partial charge in [0.15, 0.2) is 5.82 Å². The summed E-state index contributed by atoms with van der Waals surface area (Å²) < 4.78 is 0. The van der Waals surface area contributed by atoms with E-state index in [2.05, 4.69) is 20.6 Å². The van der Waals surface area contributed by atoms with Crippen LogP contribution in [0.5, 0.6) is 0 Å². The fourth-order valence-corrected chi connectivity index (χ4v) is 2.05. The molecule has 8 heteroatoms. The van der Waals surface area contributed by atoms with Crippen molar-refractivity contribution in [2.24, 2.45) is 0 Å². The van der Waals surface area contributed by atoms with Crippen LogP contribution in [-0.4, -0.2) is 17.0 Å². The second kappa shape index (κ2) is 6.01. The Morgan fingerprint density at radius 3 is 2.32 bits per heavy atom. The zero-order chi connectivity index (χ0) is 14.0. The third-order valence-corrected chi connectivity index (χ3v) is 3.54. The van der Waals surface area contributed by atoms with Gasteiger partial charge in [-0.2, -0.15) is 4.98 Å². The molecule has 0 radical (unpaired) electrons. The number of rotatable bonds is 3. The van der Waals surface area contributed by atoms with Gasteiger partial charge in [-0.15, -0.1) is 0 Å². The molecule has 19 heavy (non-hydrogen) atoms. The van der Waals surface area contributed by atoms with Crippen molar-refractivity contribution in [2.45, 2.75) is 0 Å². The molecule has 0 aliphatic carbocycles. The Morgan fingerprint density at radius 2 is 1.63 bits per heavy atom. The number of hydrogen-bond acceptors (Lipinski definition) is 4. The number of hydrogen-bond donors (Lipinski definition) is 2. The molecule has 4 nitrogen and oxygen atoms in total. The monoisotopic (exact) mass is 336 g/mol. The zero-order valence-electron chi connectivity index (χ0n) is 9.64. The number of nitrogens with zero attached hydrogens (tertiary/aromatic N) is 2. The average molecular weight is 338 g/mol. The molecule has 0 bridgehead atoms. The maximum absolute atomic E-state index is 6.07. The van der Waals surface area contributed by atoms with E-state index in [1.54, 1.807) is 19.2 Å². The fraction of sp³-hybridized carbons (Fsp3) is 0.0909. The van der Waals surface area contributed by atoms with E-state index >= 15 is 0 Å². The first-order chi connectivity index (χ1) is 9.01. The third kappa shape index (κ3) is 3.34. The van der Waals surface area contributed by atoms with E-state index < -0.39 is 0 Å². The molecule has 100 valence electrons. The van der Waals surface area contributed by atoms with Crippen LogP contribution in [0.25, 0.3) is 0 Å². The van der Waals surface area contributed by atoms with Crippen molar-refractivity contribution >= 4 is 63.9 Å². The quantitative estimate of drug-likeness (QED) is 0.784. The van der Waals surface area contributed by atoms with Crippen molar-refractivity contribution in [1.82, 2.24) is 9.97 Å². The van der Waals surface area contributed by atoms with Crippen LogP contribution in [0.15, 0.2) is 18.3 Å². The molecule has 2 aromatic rings. The summed E-state index contributed by atoms with van der Waals surface area (Å²) >= 11 is 23.9. The van der Waals surface area contributed by atoms with Gasteiger partial charge in [-0.05, 0) is 12.1 Å². The first-order valence-electron chi connectivity index (χ1n) is 5.13. The van der Waals surface area contributed by atoms with Crippen molar-refractivity contribution in [2.75, 3.05) is 17.7 Å². The van der Waals surface area contributed by atoms with Gasteiger partial charge < -0.3 is 10.6 Å². The maximum atomic E-state index is 6.07. The first-order valence-corrected chi connectivity index (χ1v) is 6.64. The predicted octanol–water partition coefficient (Wildman–Crippen LogP) is 4.88. The lowest BCUT2D eigenvalue weighted by molar-refractivity contribution is 1.15. The molecule has 0 unspecified atom stereocenters. The van der Waals surface area contributed by atoms with Gasteiger partial charge in [0, 0.05) is 7.05 Å². The summed E-state index contributed by atoms with van der Waals surface area (Å²) in [4.78, 5) is 8.16. The summed E-state index contributed by atoms with van der Waals surface area (Å²) in [5, 5.41) is 7.33. The van der Waals surface area contributed by atoms with E-state index in [-0.39, 0.29) is 0 Å². The van der Waals surface area contributed by atoms with E-state index in [4.69, 9.17) is 46.4 Å². The van der Waals surface area contributed by atoms with E-state index in [0.717, 1.165) is 0 Å². The molecule has 0 saturated carbocycles. The van der Waals surface area contributed by atoms with Crippen LogP contribution in [0.2, 0.25) is 20.1 Å². The highest BCUT2D eigenvalue weighted by molar-refractivity contribution is 6.44. The van der Waals surface area contributed by atoms with Gasteiger partial charge in [-0.25, -0.2) is 4.98 Å². The summed E-state index contributed by atoms with van der Waals surface area (Å²) in [6, 6.07) is 3.14. The van der Waals surface area contributed by atoms with Gasteiger partial charge >= 0.3 is 0 Å².